The highest BCUT2D eigenvalue weighted by atomic mass is 16.6. The van der Waals surface area contributed by atoms with Crippen LogP contribution in [0.3, 0.4) is 0 Å². The second-order valence-electron chi connectivity index (χ2n) is 6.36. The second kappa shape index (κ2) is 7.71. The Morgan fingerprint density at radius 2 is 1.60 bits per heavy atom. The minimum Gasteiger partial charge on any atom is -0.625 e. The monoisotopic (exact) mass is 348 g/mol. The normalized spacial score (nSPS) is 21.9. The van der Waals surface area contributed by atoms with Gasteiger partial charge in [-0.2, -0.15) is 0 Å². The third-order valence-corrected chi connectivity index (χ3v) is 4.47. The van der Waals surface area contributed by atoms with Gasteiger partial charge >= 0.3 is 5.91 Å². The van der Waals surface area contributed by atoms with Gasteiger partial charge in [0.15, 0.2) is 0 Å². The van der Waals surface area contributed by atoms with E-state index in [0.29, 0.717) is 31.0 Å². The van der Waals surface area contributed by atoms with Gasteiger partial charge in [-0.3, -0.25) is 14.2 Å². The number of quaternary nitrogens is 1. The molecule has 2 rings (SSSR count). The number of carbonyl (C=O) groups is 3. The number of pyridine rings is 1. The first-order valence-electron chi connectivity index (χ1n) is 8.26. The van der Waals surface area contributed by atoms with E-state index in [9.17, 15) is 19.6 Å². The van der Waals surface area contributed by atoms with Crippen LogP contribution in [0.4, 0.5) is 0 Å². The zero-order valence-corrected chi connectivity index (χ0v) is 14.9. The van der Waals surface area contributed by atoms with Gasteiger partial charge in [0.1, 0.15) is 13.1 Å². The van der Waals surface area contributed by atoms with Crippen LogP contribution in [-0.4, -0.2) is 63.3 Å². The minimum atomic E-state index is -1.06. The van der Waals surface area contributed by atoms with Gasteiger partial charge < -0.3 is 15.0 Å². The van der Waals surface area contributed by atoms with Crippen LogP contribution in [0, 0.1) is 5.21 Å². The molecule has 1 aliphatic heterocycles. The standard InChI is InChI=1S/C17H24N4O4/c1-13(22)19-7-8-20(14(2)23)11-16-5-4-6-17(18-16)12-21(25,10-9-19)15(3)24/h4-6H,7-12H2,1-3H3. The summed E-state index contributed by atoms with van der Waals surface area (Å²) in [6, 6.07) is 5.25. The smallest absolute Gasteiger partial charge is 0.310 e. The SMILES string of the molecule is CC(=O)N1CCN(C(C)=O)Cc2cccc(n2)C[N+]([O-])(C(C)=O)CC1. The molecule has 2 bridgehead atoms. The molecule has 8 nitrogen and oxygen atoms in total. The lowest BCUT2D eigenvalue weighted by Crippen LogP contribution is -2.51. The molecular formula is C17H24N4O4. The Balaban J connectivity index is 2.38. The molecule has 1 aliphatic rings. The number of amides is 3. The van der Waals surface area contributed by atoms with E-state index >= 15 is 0 Å². The Hall–Kier alpha value is -2.32. The van der Waals surface area contributed by atoms with Gasteiger partial charge in [0.05, 0.1) is 31.4 Å². The van der Waals surface area contributed by atoms with E-state index in [1.54, 1.807) is 23.1 Å². The summed E-state index contributed by atoms with van der Waals surface area (Å²) in [7, 11) is 0. The van der Waals surface area contributed by atoms with Crippen LogP contribution in [0.2, 0.25) is 0 Å². The quantitative estimate of drug-likeness (QED) is 0.507. The van der Waals surface area contributed by atoms with Gasteiger partial charge in [0.25, 0.3) is 0 Å². The van der Waals surface area contributed by atoms with Crippen molar-refractivity contribution < 1.29 is 19.0 Å². The van der Waals surface area contributed by atoms with Crippen LogP contribution < -0.4 is 0 Å². The van der Waals surface area contributed by atoms with Crippen molar-refractivity contribution in [2.24, 2.45) is 0 Å². The Morgan fingerprint density at radius 3 is 2.20 bits per heavy atom. The molecule has 2 heterocycles. The van der Waals surface area contributed by atoms with Crippen LogP contribution in [-0.2, 0) is 27.5 Å². The van der Waals surface area contributed by atoms with E-state index in [1.165, 1.54) is 25.7 Å². The van der Waals surface area contributed by atoms with Crippen molar-refractivity contribution >= 4 is 17.7 Å². The molecule has 3 amide bonds. The number of rotatable bonds is 0. The largest absolute Gasteiger partial charge is 0.625 e. The van der Waals surface area contributed by atoms with E-state index in [0.717, 1.165) is 0 Å². The molecule has 1 unspecified atom stereocenters. The van der Waals surface area contributed by atoms with Crippen molar-refractivity contribution in [3.8, 4) is 0 Å². The summed E-state index contributed by atoms with van der Waals surface area (Å²) >= 11 is 0. The van der Waals surface area contributed by atoms with E-state index in [4.69, 9.17) is 0 Å². The predicted octanol–water partition coefficient (Wildman–Crippen LogP) is 0.653. The number of hydrogen-bond acceptors (Lipinski definition) is 5. The fraction of sp³-hybridized carbons (Fsp3) is 0.529. The maximum atomic E-state index is 12.9. The van der Waals surface area contributed by atoms with E-state index in [1.807, 2.05) is 0 Å². The molecule has 0 saturated heterocycles. The van der Waals surface area contributed by atoms with Crippen LogP contribution in [0.25, 0.3) is 0 Å². The van der Waals surface area contributed by atoms with Crippen molar-refractivity contribution in [2.75, 3.05) is 26.2 Å². The molecule has 0 aromatic carbocycles. The molecule has 0 radical (unpaired) electrons. The molecule has 0 N–H and O–H groups in total. The van der Waals surface area contributed by atoms with Gasteiger partial charge in [-0.1, -0.05) is 6.07 Å². The predicted molar refractivity (Wildman–Crippen MR) is 90.5 cm³/mol. The number of nitrogens with zero attached hydrogens (tertiary/aromatic N) is 4. The molecule has 0 fully saturated rings. The fourth-order valence-electron chi connectivity index (χ4n) is 2.81. The van der Waals surface area contributed by atoms with E-state index in [2.05, 4.69) is 4.98 Å². The molecule has 0 saturated carbocycles. The molecule has 1 aromatic rings. The van der Waals surface area contributed by atoms with Crippen LogP contribution in [0.5, 0.6) is 0 Å². The molecule has 0 spiro atoms. The average Bonchev–Trinajstić information content (AvgIpc) is 2.52. The van der Waals surface area contributed by atoms with Crippen LogP contribution >= 0.6 is 0 Å². The summed E-state index contributed by atoms with van der Waals surface area (Å²) in [6.45, 7) is 5.14. The highest BCUT2D eigenvalue weighted by molar-refractivity contribution is 5.74. The maximum Gasteiger partial charge on any atom is 0.310 e. The zero-order valence-electron chi connectivity index (χ0n) is 14.9. The minimum absolute atomic E-state index is 0.0408. The maximum absolute atomic E-state index is 12.9. The molecule has 8 heteroatoms. The zero-order chi connectivity index (χ0) is 18.6. The lowest BCUT2D eigenvalue weighted by atomic mass is 10.2. The molecular weight excluding hydrogens is 324 g/mol. The van der Waals surface area contributed by atoms with Gasteiger partial charge in [-0.15, -0.1) is 0 Å². The number of hydroxylamine groups is 3. The first-order valence-corrected chi connectivity index (χ1v) is 8.26. The van der Waals surface area contributed by atoms with Crippen LogP contribution in [0.1, 0.15) is 32.2 Å². The van der Waals surface area contributed by atoms with Gasteiger partial charge in [0, 0.05) is 26.9 Å². The van der Waals surface area contributed by atoms with Gasteiger partial charge in [0.2, 0.25) is 11.8 Å². The molecule has 1 atom stereocenters. The topological polar surface area (TPSA) is 93.6 Å². The lowest BCUT2D eigenvalue weighted by Gasteiger charge is -2.40. The van der Waals surface area contributed by atoms with Gasteiger partial charge in [-0.25, -0.2) is 9.78 Å². The van der Waals surface area contributed by atoms with Crippen molar-refractivity contribution in [3.63, 3.8) is 0 Å². The Kier molecular flexibility index (Phi) is 5.86. The summed E-state index contributed by atoms with van der Waals surface area (Å²) in [4.78, 5) is 43.2. The number of carbonyl (C=O) groups excluding carboxylic acids is 3. The second-order valence-corrected chi connectivity index (χ2v) is 6.36. The fourth-order valence-corrected chi connectivity index (χ4v) is 2.81. The summed E-state index contributed by atoms with van der Waals surface area (Å²) in [5.41, 5.74) is 1.15. The third-order valence-electron chi connectivity index (χ3n) is 4.47. The molecule has 0 aliphatic carbocycles. The highest BCUT2D eigenvalue weighted by Gasteiger charge is 2.27. The lowest BCUT2D eigenvalue weighted by molar-refractivity contribution is -0.817. The van der Waals surface area contributed by atoms with Crippen molar-refractivity contribution in [3.05, 3.63) is 34.8 Å². The van der Waals surface area contributed by atoms with E-state index < -0.39 is 10.6 Å². The first kappa shape index (κ1) is 19.0. The van der Waals surface area contributed by atoms with Crippen molar-refractivity contribution in [1.82, 2.24) is 14.8 Å². The summed E-state index contributed by atoms with van der Waals surface area (Å²) in [5, 5.41) is 12.9. The van der Waals surface area contributed by atoms with E-state index in [-0.39, 0.29) is 31.4 Å². The Morgan fingerprint density at radius 1 is 1.00 bits per heavy atom. The molecule has 136 valence electrons. The Bertz CT molecular complexity index is 678. The summed E-state index contributed by atoms with van der Waals surface area (Å²) < 4.78 is -1.06. The highest BCUT2D eigenvalue weighted by Crippen LogP contribution is 2.15. The van der Waals surface area contributed by atoms with Gasteiger partial charge in [-0.05, 0) is 12.1 Å². The number of fused-ring (bicyclic) bond motifs is 2. The number of aromatic nitrogens is 1. The first-order chi connectivity index (χ1) is 11.7. The van der Waals surface area contributed by atoms with Crippen molar-refractivity contribution in [2.45, 2.75) is 33.9 Å². The average molecular weight is 348 g/mol. The molecule has 1 aromatic heterocycles. The van der Waals surface area contributed by atoms with Crippen LogP contribution in [0.15, 0.2) is 18.2 Å². The summed E-state index contributed by atoms with van der Waals surface area (Å²) in [6.07, 6.45) is 0. The summed E-state index contributed by atoms with van der Waals surface area (Å²) in [5.74, 6) is -0.809. The Labute approximate surface area is 147 Å². The number of hydrogen-bond donors (Lipinski definition) is 0. The third kappa shape index (κ3) is 4.83. The molecule has 25 heavy (non-hydrogen) atoms. The van der Waals surface area contributed by atoms with Crippen molar-refractivity contribution in [1.29, 1.82) is 0 Å².